The molecule has 0 unspecified atom stereocenters. The number of nitrogens with zero attached hydrogens (tertiary/aromatic N) is 1. The van der Waals surface area contributed by atoms with E-state index in [0.29, 0.717) is 32.4 Å². The number of benzene rings is 2. The van der Waals surface area contributed by atoms with Gasteiger partial charge in [-0.15, -0.1) is 0 Å². The molecule has 1 aliphatic heterocycles. The van der Waals surface area contributed by atoms with E-state index in [0.717, 1.165) is 17.2 Å². The van der Waals surface area contributed by atoms with Crippen molar-refractivity contribution >= 4 is 32.7 Å². The van der Waals surface area contributed by atoms with E-state index in [-0.39, 0.29) is 17.1 Å². The Balaban J connectivity index is 1.72. The molecule has 0 radical (unpaired) electrons. The molecule has 1 aliphatic rings. The van der Waals surface area contributed by atoms with Gasteiger partial charge < -0.3 is 9.47 Å². The van der Waals surface area contributed by atoms with Crippen molar-refractivity contribution in [3.63, 3.8) is 0 Å². The van der Waals surface area contributed by atoms with E-state index in [4.69, 9.17) is 9.47 Å². The molecule has 30 heavy (non-hydrogen) atoms. The Morgan fingerprint density at radius 3 is 2.33 bits per heavy atom. The predicted octanol–water partition coefficient (Wildman–Crippen LogP) is 3.37. The zero-order valence-electron chi connectivity index (χ0n) is 17.3. The number of carbonyl (C=O) groups excluding carboxylic acids is 2. The van der Waals surface area contributed by atoms with Crippen molar-refractivity contribution in [1.29, 1.82) is 0 Å². The predicted molar refractivity (Wildman–Crippen MR) is 114 cm³/mol. The molecule has 3 rings (SSSR count). The van der Waals surface area contributed by atoms with Gasteiger partial charge in [0, 0.05) is 13.1 Å². The summed E-state index contributed by atoms with van der Waals surface area (Å²) in [4.78, 5) is 24.9. The molecule has 1 fully saturated rings. The van der Waals surface area contributed by atoms with Crippen LogP contribution in [0.5, 0.6) is 5.75 Å². The van der Waals surface area contributed by atoms with Gasteiger partial charge in [0.2, 0.25) is 10.0 Å². The van der Waals surface area contributed by atoms with Crippen molar-refractivity contribution in [3.8, 4) is 5.75 Å². The number of sulfonamides is 1. The zero-order valence-corrected chi connectivity index (χ0v) is 18.1. The first-order valence-electron chi connectivity index (χ1n) is 10.2. The van der Waals surface area contributed by atoms with Crippen LogP contribution < -0.4 is 4.74 Å². The van der Waals surface area contributed by atoms with Gasteiger partial charge in [0.05, 0.1) is 18.8 Å². The molecule has 0 amide bonds. The van der Waals surface area contributed by atoms with Gasteiger partial charge in [0.1, 0.15) is 11.3 Å². The molecule has 0 spiro atoms. The summed E-state index contributed by atoms with van der Waals surface area (Å²) < 4.78 is 36.6. The Hall–Kier alpha value is -2.45. The molecule has 162 valence electrons. The lowest BCUT2D eigenvalue weighted by Gasteiger charge is -2.30. The number of hydrogen-bond donors (Lipinski definition) is 0. The Labute approximate surface area is 177 Å². The first-order valence-corrected chi connectivity index (χ1v) is 11.8. The van der Waals surface area contributed by atoms with Crippen LogP contribution in [0.1, 0.15) is 43.0 Å². The summed E-state index contributed by atoms with van der Waals surface area (Å²) in [6.45, 7) is 2.55. The van der Waals surface area contributed by atoms with Crippen LogP contribution in [-0.2, 0) is 19.6 Å². The zero-order chi connectivity index (χ0) is 21.7. The minimum Gasteiger partial charge on any atom is -0.465 e. The number of unbranched alkanes of at least 4 members (excludes halogenated alkanes) is 1. The van der Waals surface area contributed by atoms with E-state index in [1.165, 1.54) is 11.4 Å². The number of hydrogen-bond acceptors (Lipinski definition) is 6. The molecule has 0 saturated carbocycles. The van der Waals surface area contributed by atoms with Crippen molar-refractivity contribution in [2.45, 2.75) is 32.6 Å². The largest absolute Gasteiger partial charge is 0.465 e. The van der Waals surface area contributed by atoms with Crippen LogP contribution in [0.25, 0.3) is 10.8 Å². The maximum atomic E-state index is 12.8. The van der Waals surface area contributed by atoms with Gasteiger partial charge in [0.15, 0.2) is 0 Å². The van der Waals surface area contributed by atoms with E-state index in [1.54, 1.807) is 12.1 Å². The molecule has 0 atom stereocenters. The van der Waals surface area contributed by atoms with Crippen LogP contribution in [0, 0.1) is 5.92 Å². The van der Waals surface area contributed by atoms with Crippen LogP contribution >= 0.6 is 0 Å². The number of rotatable bonds is 7. The third-order valence-electron chi connectivity index (χ3n) is 5.40. The number of ether oxygens (including phenoxy) is 2. The average Bonchev–Trinajstić information content (AvgIpc) is 2.76. The Bertz CT molecular complexity index is 1030. The van der Waals surface area contributed by atoms with Crippen LogP contribution in [0.3, 0.4) is 0 Å². The summed E-state index contributed by atoms with van der Waals surface area (Å²) in [7, 11) is -2.00. The summed E-state index contributed by atoms with van der Waals surface area (Å²) in [6, 6.07) is 10.8. The van der Waals surface area contributed by atoms with E-state index >= 15 is 0 Å². The molecule has 0 aromatic heterocycles. The van der Waals surface area contributed by atoms with Gasteiger partial charge >= 0.3 is 11.9 Å². The van der Waals surface area contributed by atoms with Gasteiger partial charge in [-0.25, -0.2) is 17.5 Å². The normalized spacial score (nSPS) is 15.8. The van der Waals surface area contributed by atoms with Crippen molar-refractivity contribution in [2.75, 3.05) is 26.0 Å². The maximum absolute atomic E-state index is 12.8. The third kappa shape index (κ3) is 4.99. The summed E-state index contributed by atoms with van der Waals surface area (Å²) in [5.74, 6) is -1.16. The topological polar surface area (TPSA) is 90.0 Å². The lowest BCUT2D eigenvalue weighted by molar-refractivity contribution is -0.140. The molecule has 0 aliphatic carbocycles. The fourth-order valence-electron chi connectivity index (χ4n) is 3.59. The summed E-state index contributed by atoms with van der Waals surface area (Å²) in [6.07, 6.45) is 2.23. The molecular formula is C22H27NO6S. The van der Waals surface area contributed by atoms with Crippen molar-refractivity contribution in [3.05, 3.63) is 42.0 Å². The van der Waals surface area contributed by atoms with Gasteiger partial charge in [-0.05, 0) is 42.2 Å². The first kappa shape index (κ1) is 22.2. The van der Waals surface area contributed by atoms with Crippen LogP contribution in [-0.4, -0.2) is 50.6 Å². The molecule has 1 heterocycles. The van der Waals surface area contributed by atoms with Crippen LogP contribution in [0.15, 0.2) is 36.4 Å². The molecule has 7 nitrogen and oxygen atoms in total. The van der Waals surface area contributed by atoms with E-state index in [1.807, 2.05) is 31.2 Å². The molecular weight excluding hydrogens is 406 g/mol. The Morgan fingerprint density at radius 2 is 1.73 bits per heavy atom. The Morgan fingerprint density at radius 1 is 1.10 bits per heavy atom. The fraction of sp³-hybridized carbons (Fsp3) is 0.455. The second-order valence-electron chi connectivity index (χ2n) is 7.45. The number of carbonyl (C=O) groups is 2. The Kier molecular flexibility index (Phi) is 7.10. The van der Waals surface area contributed by atoms with Gasteiger partial charge in [-0.2, -0.15) is 0 Å². The third-order valence-corrected chi connectivity index (χ3v) is 7.36. The van der Waals surface area contributed by atoms with E-state index in [2.05, 4.69) is 0 Å². The molecule has 8 heteroatoms. The highest BCUT2D eigenvalue weighted by molar-refractivity contribution is 7.89. The number of piperidine rings is 1. The fourth-order valence-corrected chi connectivity index (χ4v) is 5.27. The smallest absolute Gasteiger partial charge is 0.341 e. The van der Waals surface area contributed by atoms with Crippen LogP contribution in [0.4, 0.5) is 0 Å². The number of esters is 2. The lowest BCUT2D eigenvalue weighted by Crippen LogP contribution is -2.42. The van der Waals surface area contributed by atoms with Gasteiger partial charge in [-0.1, -0.05) is 37.6 Å². The quantitative estimate of drug-likeness (QED) is 0.491. The first-order chi connectivity index (χ1) is 14.4. The van der Waals surface area contributed by atoms with Crippen molar-refractivity contribution < 1.29 is 27.5 Å². The minimum atomic E-state index is -3.28. The van der Waals surface area contributed by atoms with E-state index in [9.17, 15) is 18.0 Å². The van der Waals surface area contributed by atoms with Gasteiger partial charge in [-0.3, -0.25) is 4.79 Å². The molecule has 2 aromatic carbocycles. The van der Waals surface area contributed by atoms with Crippen molar-refractivity contribution in [1.82, 2.24) is 4.31 Å². The maximum Gasteiger partial charge on any atom is 0.341 e. The van der Waals surface area contributed by atoms with Crippen LogP contribution in [0.2, 0.25) is 0 Å². The summed E-state index contributed by atoms with van der Waals surface area (Å²) >= 11 is 0. The lowest BCUT2D eigenvalue weighted by atomic mass is 9.98. The summed E-state index contributed by atoms with van der Waals surface area (Å²) in [5, 5.41) is 1.67. The number of fused-ring (bicyclic) bond motifs is 1. The SMILES string of the molecule is CCCCS(=O)(=O)N1CCC(C(=O)Oc2cc3ccccc3cc2C(=O)OC)CC1. The molecule has 2 aromatic rings. The monoisotopic (exact) mass is 433 g/mol. The second kappa shape index (κ2) is 9.57. The average molecular weight is 434 g/mol. The number of methoxy groups -OCH3 is 1. The van der Waals surface area contributed by atoms with Crippen molar-refractivity contribution in [2.24, 2.45) is 5.92 Å². The molecule has 1 saturated heterocycles. The van der Waals surface area contributed by atoms with Gasteiger partial charge in [0.25, 0.3) is 0 Å². The molecule has 0 N–H and O–H groups in total. The second-order valence-corrected chi connectivity index (χ2v) is 9.54. The molecule has 0 bridgehead atoms. The highest BCUT2D eigenvalue weighted by atomic mass is 32.2. The minimum absolute atomic E-state index is 0.137. The highest BCUT2D eigenvalue weighted by Gasteiger charge is 2.32. The standard InChI is InChI=1S/C22H27NO6S/c1-3-4-13-30(26,27)23-11-9-16(10-12-23)21(24)29-20-15-18-8-6-5-7-17(18)14-19(20)22(25)28-2/h5-8,14-16H,3-4,9-13H2,1-2H3. The highest BCUT2D eigenvalue weighted by Crippen LogP contribution is 2.29. The van der Waals surface area contributed by atoms with E-state index < -0.39 is 27.9 Å². The summed E-state index contributed by atoms with van der Waals surface area (Å²) in [5.41, 5.74) is 0.184.